The second-order valence-corrected chi connectivity index (χ2v) is 4.43. The molecule has 0 aliphatic carbocycles. The summed E-state index contributed by atoms with van der Waals surface area (Å²) >= 11 is 0. The monoisotopic (exact) mass is 208 g/mol. The number of rotatable bonds is 3. The van der Waals surface area contributed by atoms with E-state index in [1.165, 1.54) is 0 Å². The third-order valence-electron chi connectivity index (χ3n) is 2.46. The molecular weight excluding hydrogens is 188 g/mol. The van der Waals surface area contributed by atoms with Crippen LogP contribution in [-0.2, 0) is 5.60 Å². The lowest BCUT2D eigenvalue weighted by atomic mass is 9.94. The fraction of sp³-hybridized carbons (Fsp3) is 0.538. The van der Waals surface area contributed by atoms with Crippen molar-refractivity contribution in [3.8, 4) is 5.75 Å². The van der Waals surface area contributed by atoms with Crippen LogP contribution in [0.2, 0.25) is 0 Å². The molecular formula is C13H20O2. The number of ether oxygens (including phenoxy) is 1. The molecule has 0 atom stereocenters. The van der Waals surface area contributed by atoms with E-state index in [1.807, 2.05) is 32.9 Å². The Hall–Kier alpha value is -1.02. The SMILES string of the molecule is CCOc1c(C)cc(C(C)(C)O)cc1C. The summed E-state index contributed by atoms with van der Waals surface area (Å²) in [7, 11) is 0. The molecule has 15 heavy (non-hydrogen) atoms. The summed E-state index contributed by atoms with van der Waals surface area (Å²) in [5.74, 6) is 0.936. The molecule has 0 aliphatic heterocycles. The highest BCUT2D eigenvalue weighted by Crippen LogP contribution is 2.29. The first-order valence-corrected chi connectivity index (χ1v) is 5.33. The van der Waals surface area contributed by atoms with Crippen molar-refractivity contribution in [1.29, 1.82) is 0 Å². The highest BCUT2D eigenvalue weighted by molar-refractivity contribution is 5.44. The maximum Gasteiger partial charge on any atom is 0.125 e. The summed E-state index contributed by atoms with van der Waals surface area (Å²) in [4.78, 5) is 0. The van der Waals surface area contributed by atoms with E-state index in [1.54, 1.807) is 13.8 Å². The van der Waals surface area contributed by atoms with Crippen LogP contribution in [0, 0.1) is 13.8 Å². The first-order chi connectivity index (χ1) is 6.86. The summed E-state index contributed by atoms with van der Waals surface area (Å²) in [6.07, 6.45) is 0. The summed E-state index contributed by atoms with van der Waals surface area (Å²) in [6.45, 7) is 10.2. The summed E-state index contributed by atoms with van der Waals surface area (Å²) in [6, 6.07) is 3.97. The predicted molar refractivity (Wildman–Crippen MR) is 62.3 cm³/mol. The van der Waals surface area contributed by atoms with Gasteiger partial charge in [-0.3, -0.25) is 0 Å². The Bertz CT molecular complexity index is 325. The molecule has 2 nitrogen and oxygen atoms in total. The van der Waals surface area contributed by atoms with Crippen LogP contribution in [0.1, 0.15) is 37.5 Å². The average Bonchev–Trinajstić information content (AvgIpc) is 2.09. The van der Waals surface area contributed by atoms with Crippen LogP contribution in [0.3, 0.4) is 0 Å². The number of hydrogen-bond acceptors (Lipinski definition) is 2. The number of benzene rings is 1. The molecule has 2 heteroatoms. The summed E-state index contributed by atoms with van der Waals surface area (Å²) < 4.78 is 5.55. The second kappa shape index (κ2) is 4.23. The van der Waals surface area contributed by atoms with Gasteiger partial charge in [0.15, 0.2) is 0 Å². The van der Waals surface area contributed by atoms with Gasteiger partial charge in [-0.25, -0.2) is 0 Å². The zero-order valence-corrected chi connectivity index (χ0v) is 10.2. The first-order valence-electron chi connectivity index (χ1n) is 5.33. The Morgan fingerprint density at radius 1 is 1.20 bits per heavy atom. The van der Waals surface area contributed by atoms with Crippen molar-refractivity contribution in [2.24, 2.45) is 0 Å². The predicted octanol–water partition coefficient (Wildman–Crippen LogP) is 2.93. The molecule has 0 amide bonds. The minimum Gasteiger partial charge on any atom is -0.493 e. The van der Waals surface area contributed by atoms with Gasteiger partial charge in [-0.05, 0) is 63.4 Å². The lowest BCUT2D eigenvalue weighted by molar-refractivity contribution is 0.0784. The molecule has 1 aromatic carbocycles. The molecule has 84 valence electrons. The van der Waals surface area contributed by atoms with Crippen molar-refractivity contribution >= 4 is 0 Å². The third-order valence-corrected chi connectivity index (χ3v) is 2.46. The highest BCUT2D eigenvalue weighted by Gasteiger charge is 2.18. The average molecular weight is 208 g/mol. The van der Waals surface area contributed by atoms with Crippen LogP contribution in [0.15, 0.2) is 12.1 Å². The second-order valence-electron chi connectivity index (χ2n) is 4.43. The van der Waals surface area contributed by atoms with E-state index < -0.39 is 5.60 Å². The van der Waals surface area contributed by atoms with Gasteiger partial charge in [-0.15, -0.1) is 0 Å². The molecule has 0 saturated carbocycles. The fourth-order valence-corrected chi connectivity index (χ4v) is 1.68. The lowest BCUT2D eigenvalue weighted by Gasteiger charge is -2.21. The van der Waals surface area contributed by atoms with E-state index in [0.717, 1.165) is 22.4 Å². The van der Waals surface area contributed by atoms with Crippen LogP contribution in [0.5, 0.6) is 5.75 Å². The van der Waals surface area contributed by atoms with Crippen LogP contribution in [0.4, 0.5) is 0 Å². The highest BCUT2D eigenvalue weighted by atomic mass is 16.5. The lowest BCUT2D eigenvalue weighted by Crippen LogP contribution is -2.16. The maximum atomic E-state index is 9.92. The molecule has 1 rings (SSSR count). The van der Waals surface area contributed by atoms with E-state index in [4.69, 9.17) is 4.74 Å². The van der Waals surface area contributed by atoms with E-state index in [2.05, 4.69) is 0 Å². The van der Waals surface area contributed by atoms with Gasteiger partial charge in [0.05, 0.1) is 12.2 Å². The van der Waals surface area contributed by atoms with Gasteiger partial charge < -0.3 is 9.84 Å². The Morgan fingerprint density at radius 3 is 2.00 bits per heavy atom. The Kier molecular flexibility index (Phi) is 3.40. The molecule has 0 radical (unpaired) electrons. The molecule has 0 bridgehead atoms. The Balaban J connectivity index is 3.19. The smallest absolute Gasteiger partial charge is 0.125 e. The maximum absolute atomic E-state index is 9.92. The molecule has 1 N–H and O–H groups in total. The molecule has 1 aromatic rings. The van der Waals surface area contributed by atoms with Crippen molar-refractivity contribution in [2.75, 3.05) is 6.61 Å². The van der Waals surface area contributed by atoms with Crippen molar-refractivity contribution in [1.82, 2.24) is 0 Å². The van der Waals surface area contributed by atoms with Crippen LogP contribution in [-0.4, -0.2) is 11.7 Å². The zero-order valence-electron chi connectivity index (χ0n) is 10.2. The van der Waals surface area contributed by atoms with Gasteiger partial charge >= 0.3 is 0 Å². The van der Waals surface area contributed by atoms with E-state index >= 15 is 0 Å². The number of aryl methyl sites for hydroxylation is 2. The van der Waals surface area contributed by atoms with Crippen LogP contribution < -0.4 is 4.74 Å². The zero-order chi connectivity index (χ0) is 11.6. The Morgan fingerprint density at radius 2 is 1.67 bits per heavy atom. The molecule has 0 unspecified atom stereocenters. The summed E-state index contributed by atoms with van der Waals surface area (Å²) in [5, 5.41) is 9.92. The van der Waals surface area contributed by atoms with E-state index in [9.17, 15) is 5.11 Å². The van der Waals surface area contributed by atoms with E-state index in [0.29, 0.717) is 6.61 Å². The fourth-order valence-electron chi connectivity index (χ4n) is 1.68. The molecule has 0 saturated heterocycles. The molecule has 0 heterocycles. The minimum atomic E-state index is -0.791. The number of aliphatic hydroxyl groups is 1. The van der Waals surface area contributed by atoms with Crippen molar-refractivity contribution in [3.63, 3.8) is 0 Å². The summed E-state index contributed by atoms with van der Waals surface area (Å²) in [5.41, 5.74) is 2.30. The molecule has 0 fully saturated rings. The molecule has 0 spiro atoms. The van der Waals surface area contributed by atoms with Gasteiger partial charge in [0.25, 0.3) is 0 Å². The third kappa shape index (κ3) is 2.72. The van der Waals surface area contributed by atoms with Gasteiger partial charge in [0.1, 0.15) is 5.75 Å². The van der Waals surface area contributed by atoms with Gasteiger partial charge in [-0.2, -0.15) is 0 Å². The standard InChI is InChI=1S/C13H20O2/c1-6-15-12-9(2)7-11(8-10(12)3)13(4,5)14/h7-8,14H,6H2,1-5H3. The van der Waals surface area contributed by atoms with Crippen molar-refractivity contribution < 1.29 is 9.84 Å². The normalized spacial score (nSPS) is 11.6. The van der Waals surface area contributed by atoms with Crippen LogP contribution in [0.25, 0.3) is 0 Å². The van der Waals surface area contributed by atoms with Gasteiger partial charge in [0.2, 0.25) is 0 Å². The van der Waals surface area contributed by atoms with Gasteiger partial charge in [-0.1, -0.05) is 0 Å². The van der Waals surface area contributed by atoms with Crippen molar-refractivity contribution in [2.45, 2.75) is 40.2 Å². The number of hydrogen-bond donors (Lipinski definition) is 1. The topological polar surface area (TPSA) is 29.5 Å². The molecule has 0 aromatic heterocycles. The van der Waals surface area contributed by atoms with Crippen LogP contribution >= 0.6 is 0 Å². The van der Waals surface area contributed by atoms with Crippen molar-refractivity contribution in [3.05, 3.63) is 28.8 Å². The quantitative estimate of drug-likeness (QED) is 0.827. The minimum absolute atomic E-state index is 0.670. The molecule has 0 aliphatic rings. The largest absolute Gasteiger partial charge is 0.493 e. The van der Waals surface area contributed by atoms with E-state index in [-0.39, 0.29) is 0 Å². The van der Waals surface area contributed by atoms with Gasteiger partial charge in [0, 0.05) is 0 Å². The first kappa shape index (κ1) is 12.1. The Labute approximate surface area is 91.9 Å².